The molecular weight excluding hydrogens is 735 g/mol. The molecule has 0 aromatic heterocycles. The summed E-state index contributed by atoms with van der Waals surface area (Å²) in [6.45, 7) is 19.9. The van der Waals surface area contributed by atoms with E-state index in [9.17, 15) is 0 Å². The average molecular weight is 786 g/mol. The summed E-state index contributed by atoms with van der Waals surface area (Å²) in [5.41, 5.74) is 13.5. The van der Waals surface area contributed by atoms with E-state index in [2.05, 4.69) is 167 Å². The summed E-state index contributed by atoms with van der Waals surface area (Å²) < 4.78 is 20.2. The normalized spacial score (nSPS) is 21.6. The first-order chi connectivity index (χ1) is 29.2. The van der Waals surface area contributed by atoms with Gasteiger partial charge in [0.25, 0.3) is 0 Å². The van der Waals surface area contributed by atoms with Crippen LogP contribution in [0.4, 0.5) is 11.4 Å². The number of aryl methyl sites for hydroxylation is 4. The molecule has 0 N–H and O–H groups in total. The number of rotatable bonds is 7. The lowest BCUT2D eigenvalue weighted by Gasteiger charge is -2.43. The Hall–Kier alpha value is -7.04. The summed E-state index contributed by atoms with van der Waals surface area (Å²) >= 11 is 0. The van der Waals surface area contributed by atoms with Crippen LogP contribution in [-0.2, 0) is 19.6 Å². The van der Waals surface area contributed by atoms with Gasteiger partial charge >= 0.3 is 0 Å². The highest BCUT2D eigenvalue weighted by molar-refractivity contribution is 5.76. The van der Waals surface area contributed by atoms with Gasteiger partial charge in [0.1, 0.15) is 6.26 Å². The van der Waals surface area contributed by atoms with Crippen LogP contribution in [-0.4, -0.2) is 12.2 Å². The molecule has 2 unspecified atom stereocenters. The van der Waals surface area contributed by atoms with E-state index in [1.807, 2.05) is 49.5 Å². The molecule has 4 aliphatic rings. The van der Waals surface area contributed by atoms with Crippen LogP contribution in [0.2, 0.25) is 0 Å². The Morgan fingerprint density at radius 3 is 1.95 bits per heavy atom. The van der Waals surface area contributed by atoms with Crippen LogP contribution in [0.25, 0.3) is 0 Å². The fraction of sp³-hybridized carbons (Fsp3) is 0.143. The first-order valence-electron chi connectivity index (χ1n) is 20.5. The molecule has 4 nitrogen and oxygen atoms in total. The molecule has 0 radical (unpaired) electrons. The molecule has 0 bridgehead atoms. The number of ether oxygens (including phenoxy) is 3. The molecule has 0 fully saturated rings. The van der Waals surface area contributed by atoms with Crippen molar-refractivity contribution in [2.75, 3.05) is 4.90 Å². The van der Waals surface area contributed by atoms with Crippen molar-refractivity contribution in [1.82, 2.24) is 0 Å². The predicted molar refractivity (Wildman–Crippen MR) is 247 cm³/mol. The predicted octanol–water partition coefficient (Wildman–Crippen LogP) is 13.6. The van der Waals surface area contributed by atoms with E-state index in [4.69, 9.17) is 20.8 Å². The largest absolute Gasteiger partial charge is 0.486 e. The molecule has 4 aromatic carbocycles. The lowest BCUT2D eigenvalue weighted by Crippen LogP contribution is -2.41. The fourth-order valence-corrected chi connectivity index (χ4v) is 8.38. The summed E-state index contributed by atoms with van der Waals surface area (Å²) in [5.74, 6) is 1.26. The molecule has 298 valence electrons. The quantitative estimate of drug-likeness (QED) is 0.175. The monoisotopic (exact) mass is 785 g/mol. The lowest BCUT2D eigenvalue weighted by atomic mass is 9.61. The van der Waals surface area contributed by atoms with Crippen LogP contribution in [0.5, 0.6) is 0 Å². The van der Waals surface area contributed by atoms with Gasteiger partial charge in [0.2, 0.25) is 5.88 Å². The smallest absolute Gasteiger partial charge is 0.204 e. The minimum absolute atomic E-state index is 0.335. The summed E-state index contributed by atoms with van der Waals surface area (Å²) in [4.78, 5) is 2.22. The molecule has 8 rings (SSSR count). The fourth-order valence-electron chi connectivity index (χ4n) is 8.38. The van der Waals surface area contributed by atoms with Crippen LogP contribution in [0.15, 0.2) is 241 Å². The Bertz CT molecular complexity index is 2570. The highest BCUT2D eigenvalue weighted by atomic mass is 16.6. The highest BCUT2D eigenvalue weighted by Crippen LogP contribution is 2.54. The van der Waals surface area contributed by atoms with Gasteiger partial charge in [-0.25, -0.2) is 0 Å². The van der Waals surface area contributed by atoms with Gasteiger partial charge in [0.05, 0.1) is 11.7 Å². The minimum atomic E-state index is -0.930. The van der Waals surface area contributed by atoms with E-state index in [0.29, 0.717) is 11.6 Å². The van der Waals surface area contributed by atoms with E-state index in [0.717, 1.165) is 55.9 Å². The van der Waals surface area contributed by atoms with Crippen LogP contribution >= 0.6 is 0 Å². The van der Waals surface area contributed by atoms with E-state index in [-0.39, 0.29) is 6.10 Å². The standard InChI is InChI=1S/C56H51NO3/c1-8-9-12-24-48-37-59-53-32-31-51-50(55(53)60-48)30-29-49-43(7)40(4)19-17-18-33-58-54(36-52(49)56(51,44-20-13-10-14-21-44)45-22-15-11-16-23-45)57(46-27-25-38(2)41(5)34-46)47-28-26-39(3)42(6)35-47/h8-37,53,55H,4,7H2,1-3,5-6H3/b9-8-,19-17-,24-12-,33-18-,54-36-. The molecule has 4 heteroatoms. The van der Waals surface area contributed by atoms with Gasteiger partial charge in [0, 0.05) is 23.0 Å². The Labute approximate surface area is 355 Å². The zero-order valence-corrected chi connectivity index (χ0v) is 35.1. The summed E-state index contributed by atoms with van der Waals surface area (Å²) in [6.07, 6.45) is 27.4. The van der Waals surface area contributed by atoms with E-state index in [1.165, 1.54) is 22.3 Å². The first-order valence-corrected chi connectivity index (χ1v) is 20.5. The number of anilines is 2. The zero-order valence-electron chi connectivity index (χ0n) is 35.1. The molecule has 2 heterocycles. The van der Waals surface area contributed by atoms with E-state index in [1.54, 1.807) is 12.5 Å². The third-order valence-electron chi connectivity index (χ3n) is 11.9. The van der Waals surface area contributed by atoms with Crippen molar-refractivity contribution in [3.8, 4) is 0 Å². The minimum Gasteiger partial charge on any atom is -0.486 e. The van der Waals surface area contributed by atoms with E-state index >= 15 is 0 Å². The maximum atomic E-state index is 6.93. The molecule has 2 aliphatic carbocycles. The molecule has 2 aliphatic heterocycles. The van der Waals surface area contributed by atoms with Crippen LogP contribution in [0, 0.1) is 27.7 Å². The molecule has 0 amide bonds. The summed E-state index contributed by atoms with van der Waals surface area (Å²) in [7, 11) is 0. The highest BCUT2D eigenvalue weighted by Gasteiger charge is 2.48. The second-order valence-corrected chi connectivity index (χ2v) is 15.6. The molecule has 4 aromatic rings. The second kappa shape index (κ2) is 17.1. The van der Waals surface area contributed by atoms with E-state index < -0.39 is 11.5 Å². The average Bonchev–Trinajstić information content (AvgIpc) is 3.42. The van der Waals surface area contributed by atoms with Crippen molar-refractivity contribution in [2.45, 2.75) is 52.2 Å². The first kappa shape index (κ1) is 39.8. The maximum absolute atomic E-state index is 6.93. The van der Waals surface area contributed by atoms with Crippen LogP contribution in [0.1, 0.15) is 40.3 Å². The van der Waals surface area contributed by atoms with Gasteiger partial charge in [-0.1, -0.05) is 135 Å². The molecule has 0 spiro atoms. The van der Waals surface area contributed by atoms with Gasteiger partial charge < -0.3 is 14.2 Å². The Balaban J connectivity index is 1.50. The number of hydrogen-bond acceptors (Lipinski definition) is 4. The second-order valence-electron chi connectivity index (χ2n) is 15.6. The number of nitrogens with zero attached hydrogens (tertiary/aromatic N) is 1. The summed E-state index contributed by atoms with van der Waals surface area (Å²) in [5, 5.41) is 0. The SMILES string of the molecule is C=C1/C=C\C=C/O/C(N(c2ccc(C)c(C)c2)c2ccc(C)c(C)c2)=C\C2=C(C=CC3=C(C=CC4OC=C(/C=C\C=C/C)OC34)C2(c2ccccc2)c2ccccc2)C1=C. The number of fused-ring (bicyclic) bond motifs is 2. The van der Waals surface area contributed by atoms with Gasteiger partial charge in [-0.15, -0.1) is 0 Å². The van der Waals surface area contributed by atoms with Gasteiger partial charge in [-0.2, -0.15) is 0 Å². The Kier molecular flexibility index (Phi) is 11.3. The van der Waals surface area contributed by atoms with Gasteiger partial charge in [-0.3, -0.25) is 4.90 Å². The van der Waals surface area contributed by atoms with Crippen molar-refractivity contribution >= 4 is 11.4 Å². The van der Waals surface area contributed by atoms with Gasteiger partial charge in [-0.05, 0) is 138 Å². The third kappa shape index (κ3) is 7.42. The third-order valence-corrected chi connectivity index (χ3v) is 11.9. The topological polar surface area (TPSA) is 30.9 Å². The van der Waals surface area contributed by atoms with Crippen molar-refractivity contribution < 1.29 is 14.2 Å². The molecule has 0 saturated heterocycles. The van der Waals surface area contributed by atoms with Crippen molar-refractivity contribution in [1.29, 1.82) is 0 Å². The van der Waals surface area contributed by atoms with Crippen molar-refractivity contribution in [3.05, 3.63) is 274 Å². The number of allylic oxidation sites excluding steroid dienone is 15. The van der Waals surface area contributed by atoms with Crippen LogP contribution < -0.4 is 4.90 Å². The van der Waals surface area contributed by atoms with Crippen LogP contribution in [0.3, 0.4) is 0 Å². The zero-order chi connectivity index (χ0) is 41.8. The lowest BCUT2D eigenvalue weighted by molar-refractivity contribution is 0.000118. The van der Waals surface area contributed by atoms with Gasteiger partial charge in [0.15, 0.2) is 18.0 Å². The number of hydrogen-bond donors (Lipinski definition) is 0. The summed E-state index contributed by atoms with van der Waals surface area (Å²) in [6, 6.07) is 34.6. The van der Waals surface area contributed by atoms with Crippen molar-refractivity contribution in [3.63, 3.8) is 0 Å². The Morgan fingerprint density at radius 1 is 0.683 bits per heavy atom. The molecule has 2 atom stereocenters. The Morgan fingerprint density at radius 2 is 1.33 bits per heavy atom. The molecule has 60 heavy (non-hydrogen) atoms. The van der Waals surface area contributed by atoms with Crippen molar-refractivity contribution in [2.24, 2.45) is 0 Å². The molecule has 0 saturated carbocycles. The number of benzene rings is 4. The molecular formula is C56H51NO3. The maximum Gasteiger partial charge on any atom is 0.204 e.